The zero-order chi connectivity index (χ0) is 15.0. The molecule has 0 aromatic heterocycles. The van der Waals surface area contributed by atoms with E-state index >= 15 is 0 Å². The summed E-state index contributed by atoms with van der Waals surface area (Å²) in [5.74, 6) is 0. The van der Waals surface area contributed by atoms with E-state index in [0.717, 1.165) is 0 Å². The van der Waals surface area contributed by atoms with E-state index in [4.69, 9.17) is 5.73 Å². The molecule has 0 aliphatic rings. The highest BCUT2D eigenvalue weighted by atomic mass is 32.2. The molecule has 5 nitrogen and oxygen atoms in total. The lowest BCUT2D eigenvalue weighted by Gasteiger charge is -2.33. The maximum absolute atomic E-state index is 12.7. The van der Waals surface area contributed by atoms with Gasteiger partial charge >= 0.3 is 0 Å². The van der Waals surface area contributed by atoms with Crippen LogP contribution >= 0.6 is 0 Å². The predicted octanol–water partition coefficient (Wildman–Crippen LogP) is 1.28. The first-order chi connectivity index (χ1) is 8.55. The van der Waals surface area contributed by atoms with Gasteiger partial charge in [0.1, 0.15) is 0 Å². The molecule has 0 amide bonds. The van der Waals surface area contributed by atoms with Gasteiger partial charge in [0.05, 0.1) is 17.0 Å². The number of anilines is 1. The zero-order valence-corrected chi connectivity index (χ0v) is 12.9. The lowest BCUT2D eigenvalue weighted by molar-refractivity contribution is 0.138. The summed E-state index contributed by atoms with van der Waals surface area (Å²) in [5.41, 5.74) is 6.55. The van der Waals surface area contributed by atoms with Crippen LogP contribution in [0.15, 0.2) is 17.0 Å². The van der Waals surface area contributed by atoms with Crippen molar-refractivity contribution < 1.29 is 13.5 Å². The molecule has 0 unspecified atom stereocenters. The third-order valence-electron chi connectivity index (χ3n) is 3.50. The molecular formula is C13H22N2O3S. The Balaban J connectivity index is 3.49. The molecule has 0 spiro atoms. The van der Waals surface area contributed by atoms with E-state index in [2.05, 4.69) is 0 Å². The van der Waals surface area contributed by atoms with Crippen molar-refractivity contribution in [3.63, 3.8) is 0 Å². The lowest BCUT2D eigenvalue weighted by atomic mass is 10.1. The number of nitrogens with two attached hydrogens (primary N) is 1. The van der Waals surface area contributed by atoms with E-state index < -0.39 is 15.6 Å². The van der Waals surface area contributed by atoms with Gasteiger partial charge in [-0.3, -0.25) is 0 Å². The van der Waals surface area contributed by atoms with Crippen LogP contribution in [-0.2, 0) is 10.0 Å². The molecule has 0 aliphatic carbocycles. The fourth-order valence-corrected chi connectivity index (χ4v) is 3.76. The number of hydrogen-bond acceptors (Lipinski definition) is 4. The lowest BCUT2D eigenvalue weighted by Crippen LogP contribution is -2.47. The fraction of sp³-hybridized carbons (Fsp3) is 0.538. The summed E-state index contributed by atoms with van der Waals surface area (Å²) in [4.78, 5) is 0.219. The number of benzene rings is 1. The van der Waals surface area contributed by atoms with Crippen molar-refractivity contribution in [2.75, 3.05) is 19.4 Å². The zero-order valence-electron chi connectivity index (χ0n) is 12.1. The first kappa shape index (κ1) is 15.9. The number of hydrogen-bond donors (Lipinski definition) is 2. The minimum Gasteiger partial charge on any atom is -0.398 e. The quantitative estimate of drug-likeness (QED) is 0.817. The van der Waals surface area contributed by atoms with Gasteiger partial charge < -0.3 is 10.8 Å². The van der Waals surface area contributed by atoms with Crippen LogP contribution < -0.4 is 5.73 Å². The number of nitrogens with zero attached hydrogens (tertiary/aromatic N) is 1. The second-order valence-electron chi connectivity index (χ2n) is 5.37. The molecule has 0 saturated carbocycles. The Hall–Kier alpha value is -1.11. The number of sulfonamides is 1. The molecular weight excluding hydrogens is 264 g/mol. The van der Waals surface area contributed by atoms with Crippen LogP contribution in [0, 0.1) is 13.8 Å². The number of likely N-dealkylation sites (N-methyl/N-ethyl adjacent to an activating group) is 1. The topological polar surface area (TPSA) is 83.6 Å². The fourth-order valence-electron chi connectivity index (χ4n) is 1.80. The highest BCUT2D eigenvalue weighted by Crippen LogP contribution is 2.30. The third kappa shape index (κ3) is 2.75. The summed E-state index contributed by atoms with van der Waals surface area (Å²) in [6.45, 7) is 6.50. The van der Waals surface area contributed by atoms with Gasteiger partial charge in [0.2, 0.25) is 10.0 Å². The molecule has 1 rings (SSSR count). The van der Waals surface area contributed by atoms with Crippen molar-refractivity contribution in [2.24, 2.45) is 0 Å². The summed E-state index contributed by atoms with van der Waals surface area (Å²) >= 11 is 0. The van der Waals surface area contributed by atoms with Gasteiger partial charge in [-0.1, -0.05) is 6.07 Å². The van der Waals surface area contributed by atoms with E-state index in [1.165, 1.54) is 11.4 Å². The van der Waals surface area contributed by atoms with Gasteiger partial charge in [0, 0.05) is 12.7 Å². The van der Waals surface area contributed by atoms with Crippen LogP contribution in [0.1, 0.15) is 25.0 Å². The van der Waals surface area contributed by atoms with Gasteiger partial charge in [-0.05, 0) is 44.9 Å². The molecule has 6 heteroatoms. The smallest absolute Gasteiger partial charge is 0.243 e. The second-order valence-corrected chi connectivity index (χ2v) is 7.27. The summed E-state index contributed by atoms with van der Waals surface area (Å²) in [6, 6.07) is 3.38. The Morgan fingerprint density at radius 3 is 2.32 bits per heavy atom. The van der Waals surface area contributed by atoms with Gasteiger partial charge in [-0.25, -0.2) is 8.42 Å². The Kier molecular flexibility index (Phi) is 4.29. The normalized spacial score (nSPS) is 13.0. The predicted molar refractivity (Wildman–Crippen MR) is 76.4 cm³/mol. The number of nitrogen functional groups attached to an aromatic ring is 1. The van der Waals surface area contributed by atoms with Crippen molar-refractivity contribution in [1.82, 2.24) is 4.31 Å². The molecule has 0 aliphatic heterocycles. The average Bonchev–Trinajstić information content (AvgIpc) is 2.33. The van der Waals surface area contributed by atoms with Gasteiger partial charge in [0.15, 0.2) is 0 Å². The number of aliphatic hydroxyl groups is 1. The van der Waals surface area contributed by atoms with Crippen LogP contribution in [-0.4, -0.2) is 37.0 Å². The van der Waals surface area contributed by atoms with Crippen molar-refractivity contribution in [3.8, 4) is 0 Å². The van der Waals surface area contributed by atoms with Gasteiger partial charge in [-0.15, -0.1) is 0 Å². The van der Waals surface area contributed by atoms with E-state index in [-0.39, 0.29) is 11.5 Å². The van der Waals surface area contributed by atoms with Crippen molar-refractivity contribution in [2.45, 2.75) is 38.1 Å². The van der Waals surface area contributed by atoms with E-state index in [0.29, 0.717) is 16.8 Å². The Bertz CT molecular complexity index is 580. The summed E-state index contributed by atoms with van der Waals surface area (Å²) in [7, 11) is -2.23. The molecule has 3 N–H and O–H groups in total. The standard InChI is InChI=1S/C13H22N2O3S/c1-9-6-7-11(14)10(2)12(9)19(17,18)15(5)13(3,4)8-16/h6-7,16H,8,14H2,1-5H3. The molecule has 1 aromatic rings. The van der Waals surface area contributed by atoms with Crippen LogP contribution in [0.5, 0.6) is 0 Å². The van der Waals surface area contributed by atoms with Crippen molar-refractivity contribution in [3.05, 3.63) is 23.3 Å². The van der Waals surface area contributed by atoms with Gasteiger partial charge in [-0.2, -0.15) is 4.31 Å². The SMILES string of the molecule is Cc1ccc(N)c(C)c1S(=O)(=O)N(C)C(C)(C)CO. The van der Waals surface area contributed by atoms with Crippen molar-refractivity contribution >= 4 is 15.7 Å². The maximum Gasteiger partial charge on any atom is 0.243 e. The molecule has 0 fully saturated rings. The molecule has 0 radical (unpaired) electrons. The van der Waals surface area contributed by atoms with E-state index in [1.807, 2.05) is 0 Å². The monoisotopic (exact) mass is 286 g/mol. The van der Waals surface area contributed by atoms with E-state index in [1.54, 1.807) is 39.8 Å². The van der Waals surface area contributed by atoms with Crippen LogP contribution in [0.25, 0.3) is 0 Å². The molecule has 0 bridgehead atoms. The van der Waals surface area contributed by atoms with Crippen LogP contribution in [0.3, 0.4) is 0 Å². The van der Waals surface area contributed by atoms with Crippen LogP contribution in [0.4, 0.5) is 5.69 Å². The molecule has 0 atom stereocenters. The summed E-state index contributed by atoms with van der Waals surface area (Å²) < 4.78 is 26.6. The Labute approximate surface area is 115 Å². The minimum atomic E-state index is -3.70. The van der Waals surface area contributed by atoms with Gasteiger partial charge in [0.25, 0.3) is 0 Å². The molecule has 1 aromatic carbocycles. The molecule has 108 valence electrons. The maximum atomic E-state index is 12.7. The molecule has 0 heterocycles. The second kappa shape index (κ2) is 5.11. The summed E-state index contributed by atoms with van der Waals surface area (Å²) in [6.07, 6.45) is 0. The molecule has 0 saturated heterocycles. The Morgan fingerprint density at radius 1 is 1.32 bits per heavy atom. The third-order valence-corrected chi connectivity index (χ3v) is 5.86. The van der Waals surface area contributed by atoms with Crippen molar-refractivity contribution in [1.29, 1.82) is 0 Å². The first-order valence-electron chi connectivity index (χ1n) is 6.01. The van der Waals surface area contributed by atoms with E-state index in [9.17, 15) is 13.5 Å². The number of aryl methyl sites for hydroxylation is 1. The molecule has 19 heavy (non-hydrogen) atoms. The summed E-state index contributed by atoms with van der Waals surface area (Å²) in [5, 5.41) is 9.34. The van der Waals surface area contributed by atoms with Crippen LogP contribution in [0.2, 0.25) is 0 Å². The minimum absolute atomic E-state index is 0.219. The Morgan fingerprint density at radius 2 is 1.84 bits per heavy atom. The average molecular weight is 286 g/mol. The first-order valence-corrected chi connectivity index (χ1v) is 7.45. The largest absolute Gasteiger partial charge is 0.398 e. The highest BCUT2D eigenvalue weighted by Gasteiger charge is 2.35. The number of aliphatic hydroxyl groups excluding tert-OH is 1. The highest BCUT2D eigenvalue weighted by molar-refractivity contribution is 7.89. The number of rotatable bonds is 4.